The summed E-state index contributed by atoms with van der Waals surface area (Å²) in [4.78, 5) is 15.3. The molecule has 25 heavy (non-hydrogen) atoms. The van der Waals surface area contributed by atoms with Crippen LogP contribution in [0.3, 0.4) is 0 Å². The van der Waals surface area contributed by atoms with Crippen molar-refractivity contribution in [3.8, 4) is 5.88 Å². The molecular formula is C16H19F3N4O2. The van der Waals surface area contributed by atoms with Crippen molar-refractivity contribution in [2.24, 2.45) is 22.4 Å². The molecule has 5 N–H and O–H groups in total. The number of guanidine groups is 1. The first-order valence-corrected chi connectivity index (χ1v) is 7.54. The highest BCUT2D eigenvalue weighted by atomic mass is 19.4. The van der Waals surface area contributed by atoms with Crippen LogP contribution in [-0.4, -0.2) is 21.5 Å². The van der Waals surface area contributed by atoms with Crippen molar-refractivity contribution in [3.63, 3.8) is 0 Å². The van der Waals surface area contributed by atoms with Crippen LogP contribution < -0.4 is 11.5 Å². The van der Waals surface area contributed by atoms with Crippen LogP contribution in [0.25, 0.3) is 10.8 Å². The summed E-state index contributed by atoms with van der Waals surface area (Å²) in [6.07, 6.45) is -4.87. The minimum Gasteiger partial charge on any atom is -0.494 e. The lowest BCUT2D eigenvalue weighted by Crippen LogP contribution is -2.25. The molecule has 1 amide bonds. The molecule has 2 aromatic rings. The molecule has 0 bridgehead atoms. The van der Waals surface area contributed by atoms with E-state index in [0.717, 1.165) is 12.1 Å². The van der Waals surface area contributed by atoms with Crippen LogP contribution in [0.1, 0.15) is 25.1 Å². The molecule has 1 aromatic carbocycles. The van der Waals surface area contributed by atoms with E-state index in [-0.39, 0.29) is 34.7 Å². The fraction of sp³-hybridized carbons (Fsp3) is 0.375. The van der Waals surface area contributed by atoms with Crippen LogP contribution in [0.4, 0.5) is 13.2 Å². The Balaban J connectivity index is 2.67. The Labute approximate surface area is 141 Å². The normalized spacial score (nSPS) is 11.9. The third-order valence-corrected chi connectivity index (χ3v) is 3.60. The standard InChI is InChI=1S/C16H19F3N4O2/c1-8(2)7-23-12(6-13(24)22-15(20)21)11-5-9(16(17,18)19)3-4-10(11)14(23)25/h3-5,8,25H,6-7H2,1-2H3,(H4,20,21,22,24). The van der Waals surface area contributed by atoms with Gasteiger partial charge in [-0.1, -0.05) is 13.8 Å². The molecule has 6 nitrogen and oxygen atoms in total. The Morgan fingerprint density at radius 1 is 1.28 bits per heavy atom. The number of benzene rings is 1. The molecule has 0 unspecified atom stereocenters. The van der Waals surface area contributed by atoms with Gasteiger partial charge < -0.3 is 21.1 Å². The van der Waals surface area contributed by atoms with Crippen LogP contribution in [0.5, 0.6) is 5.88 Å². The Kier molecular flexibility index (Phi) is 4.96. The van der Waals surface area contributed by atoms with Gasteiger partial charge in [-0.05, 0) is 24.1 Å². The second-order valence-corrected chi connectivity index (χ2v) is 6.14. The molecule has 1 aromatic heterocycles. The summed E-state index contributed by atoms with van der Waals surface area (Å²) in [6, 6.07) is 3.01. The first-order valence-electron chi connectivity index (χ1n) is 7.54. The SMILES string of the molecule is CC(C)Cn1c(O)c2ccc(C(F)(F)F)cc2c1CC(=O)N=C(N)N. The van der Waals surface area contributed by atoms with Crippen molar-refractivity contribution in [3.05, 3.63) is 29.5 Å². The zero-order chi connectivity index (χ0) is 18.9. The average Bonchev–Trinajstić information content (AvgIpc) is 2.70. The van der Waals surface area contributed by atoms with Crippen molar-refractivity contribution >= 4 is 22.6 Å². The zero-order valence-electron chi connectivity index (χ0n) is 13.8. The maximum absolute atomic E-state index is 13.0. The highest BCUT2D eigenvalue weighted by Gasteiger charge is 2.32. The number of nitrogens with two attached hydrogens (primary N) is 2. The number of carbonyl (C=O) groups is 1. The Hall–Kier alpha value is -2.71. The molecule has 9 heteroatoms. The molecule has 0 radical (unpaired) electrons. The smallest absolute Gasteiger partial charge is 0.416 e. The third-order valence-electron chi connectivity index (χ3n) is 3.60. The molecule has 0 aliphatic rings. The molecule has 0 aliphatic heterocycles. The second-order valence-electron chi connectivity index (χ2n) is 6.14. The Morgan fingerprint density at radius 3 is 2.44 bits per heavy atom. The number of rotatable bonds is 4. The van der Waals surface area contributed by atoms with Gasteiger partial charge in [-0.15, -0.1) is 0 Å². The lowest BCUT2D eigenvalue weighted by Gasteiger charge is -2.12. The number of amides is 1. The summed E-state index contributed by atoms with van der Waals surface area (Å²) in [5.74, 6) is -1.24. The van der Waals surface area contributed by atoms with Crippen LogP contribution in [0.2, 0.25) is 0 Å². The highest BCUT2D eigenvalue weighted by Crippen LogP contribution is 2.37. The molecule has 0 spiro atoms. The van der Waals surface area contributed by atoms with Gasteiger partial charge in [0, 0.05) is 23.0 Å². The van der Waals surface area contributed by atoms with Crippen molar-refractivity contribution < 1.29 is 23.1 Å². The van der Waals surface area contributed by atoms with Gasteiger partial charge >= 0.3 is 6.18 Å². The molecule has 0 fully saturated rings. The van der Waals surface area contributed by atoms with Gasteiger partial charge in [-0.2, -0.15) is 18.2 Å². The van der Waals surface area contributed by atoms with E-state index in [1.54, 1.807) is 0 Å². The van der Waals surface area contributed by atoms with Gasteiger partial charge in [0.1, 0.15) is 0 Å². The minimum absolute atomic E-state index is 0.0896. The van der Waals surface area contributed by atoms with Gasteiger partial charge in [0.2, 0.25) is 0 Å². The van der Waals surface area contributed by atoms with E-state index in [0.29, 0.717) is 6.54 Å². The number of aromatic hydroxyl groups is 1. The van der Waals surface area contributed by atoms with Gasteiger partial charge in [0.15, 0.2) is 11.8 Å². The molecule has 0 saturated carbocycles. The van der Waals surface area contributed by atoms with E-state index in [2.05, 4.69) is 4.99 Å². The topological polar surface area (TPSA) is 107 Å². The lowest BCUT2D eigenvalue weighted by molar-refractivity contribution is -0.137. The first-order chi connectivity index (χ1) is 11.5. The fourth-order valence-electron chi connectivity index (χ4n) is 2.65. The summed E-state index contributed by atoms with van der Waals surface area (Å²) < 4.78 is 40.5. The number of carbonyl (C=O) groups excluding carboxylic acids is 1. The average molecular weight is 356 g/mol. The number of aliphatic imine (C=N–C) groups is 1. The molecule has 0 aliphatic carbocycles. The summed E-state index contributed by atoms with van der Waals surface area (Å²) in [5, 5.41) is 10.8. The molecule has 1 heterocycles. The maximum atomic E-state index is 13.0. The largest absolute Gasteiger partial charge is 0.494 e. The molecule has 0 saturated heterocycles. The molecule has 136 valence electrons. The second kappa shape index (κ2) is 6.66. The van der Waals surface area contributed by atoms with E-state index < -0.39 is 23.6 Å². The zero-order valence-corrected chi connectivity index (χ0v) is 13.8. The number of halogens is 3. The van der Waals surface area contributed by atoms with E-state index in [9.17, 15) is 23.1 Å². The lowest BCUT2D eigenvalue weighted by atomic mass is 10.1. The minimum atomic E-state index is -4.54. The van der Waals surface area contributed by atoms with Crippen LogP contribution >= 0.6 is 0 Å². The first kappa shape index (κ1) is 18.6. The predicted molar refractivity (Wildman–Crippen MR) is 88.0 cm³/mol. The third kappa shape index (κ3) is 4.04. The van der Waals surface area contributed by atoms with E-state index in [4.69, 9.17) is 11.5 Å². The Morgan fingerprint density at radius 2 is 1.92 bits per heavy atom. The van der Waals surface area contributed by atoms with E-state index in [1.165, 1.54) is 10.6 Å². The van der Waals surface area contributed by atoms with Crippen LogP contribution in [-0.2, 0) is 23.9 Å². The molecular weight excluding hydrogens is 337 g/mol. The van der Waals surface area contributed by atoms with Crippen molar-refractivity contribution in [2.45, 2.75) is 33.0 Å². The van der Waals surface area contributed by atoms with Crippen molar-refractivity contribution in [1.82, 2.24) is 4.57 Å². The number of hydrogen-bond acceptors (Lipinski definition) is 2. The van der Waals surface area contributed by atoms with Crippen LogP contribution in [0.15, 0.2) is 23.2 Å². The van der Waals surface area contributed by atoms with Gasteiger partial charge in [0.05, 0.1) is 12.0 Å². The maximum Gasteiger partial charge on any atom is 0.416 e. The monoisotopic (exact) mass is 356 g/mol. The van der Waals surface area contributed by atoms with Crippen LogP contribution in [0, 0.1) is 5.92 Å². The summed E-state index contributed by atoms with van der Waals surface area (Å²) >= 11 is 0. The summed E-state index contributed by atoms with van der Waals surface area (Å²) in [5.41, 5.74) is 9.71. The molecule has 0 atom stereocenters. The fourth-order valence-corrected chi connectivity index (χ4v) is 2.65. The van der Waals surface area contributed by atoms with Gasteiger partial charge in [0.25, 0.3) is 5.91 Å². The summed E-state index contributed by atoms with van der Waals surface area (Å²) in [7, 11) is 0. The highest BCUT2D eigenvalue weighted by molar-refractivity contribution is 5.97. The predicted octanol–water partition coefficient (Wildman–Crippen LogP) is 2.36. The quantitative estimate of drug-likeness (QED) is 0.577. The van der Waals surface area contributed by atoms with Crippen molar-refractivity contribution in [2.75, 3.05) is 0 Å². The van der Waals surface area contributed by atoms with Crippen molar-refractivity contribution in [1.29, 1.82) is 0 Å². The number of alkyl halides is 3. The Bertz CT molecular complexity index is 834. The number of fused-ring (bicyclic) bond motifs is 1. The van der Waals surface area contributed by atoms with E-state index in [1.807, 2.05) is 13.8 Å². The summed E-state index contributed by atoms with van der Waals surface area (Å²) in [6.45, 7) is 4.09. The number of aromatic nitrogens is 1. The number of nitrogens with zero attached hydrogens (tertiary/aromatic N) is 2. The number of hydrogen-bond donors (Lipinski definition) is 3. The molecule has 2 rings (SSSR count). The van der Waals surface area contributed by atoms with E-state index >= 15 is 0 Å². The van der Waals surface area contributed by atoms with Gasteiger partial charge in [-0.3, -0.25) is 4.79 Å². The van der Waals surface area contributed by atoms with Gasteiger partial charge in [-0.25, -0.2) is 0 Å².